The van der Waals surface area contributed by atoms with Crippen molar-refractivity contribution in [1.82, 2.24) is 9.13 Å². The average molecular weight is 286 g/mol. The number of aryl methyl sites for hydroxylation is 1. The number of carbonyl (C=O) groups excluding carboxylic acids is 1. The van der Waals surface area contributed by atoms with E-state index in [9.17, 15) is 14.4 Å². The molecule has 21 heavy (non-hydrogen) atoms. The second-order valence-electron chi connectivity index (χ2n) is 5.36. The van der Waals surface area contributed by atoms with Crippen molar-refractivity contribution in [3.8, 4) is 5.69 Å². The molecule has 5 nitrogen and oxygen atoms in total. The lowest BCUT2D eigenvalue weighted by Gasteiger charge is -2.14. The third kappa shape index (κ3) is 2.72. The van der Waals surface area contributed by atoms with Crippen molar-refractivity contribution in [2.75, 3.05) is 0 Å². The minimum absolute atomic E-state index is 0.0175. The molecule has 1 aromatic carbocycles. The topological polar surface area (TPSA) is 61.1 Å². The van der Waals surface area contributed by atoms with Crippen molar-refractivity contribution in [3.05, 3.63) is 62.4 Å². The number of benzene rings is 1. The summed E-state index contributed by atoms with van der Waals surface area (Å²) in [6.45, 7) is 6.90. The monoisotopic (exact) mass is 286 g/mol. The second kappa shape index (κ2) is 5.52. The fourth-order valence-corrected chi connectivity index (χ4v) is 2.11. The maximum atomic E-state index is 12.5. The molecule has 5 heteroatoms. The van der Waals surface area contributed by atoms with Crippen molar-refractivity contribution in [2.24, 2.45) is 0 Å². The lowest BCUT2D eigenvalue weighted by molar-refractivity contribution is 0.101. The fraction of sp³-hybridized carbons (Fsp3) is 0.312. The molecular weight excluding hydrogens is 268 g/mol. The lowest BCUT2D eigenvalue weighted by Crippen LogP contribution is -2.41. The molecule has 0 saturated heterocycles. The minimum Gasteiger partial charge on any atom is -0.297 e. The minimum atomic E-state index is -0.576. The van der Waals surface area contributed by atoms with Crippen molar-refractivity contribution in [2.45, 2.75) is 33.7 Å². The van der Waals surface area contributed by atoms with Crippen molar-refractivity contribution in [1.29, 1.82) is 0 Å². The number of nitrogens with zero attached hydrogens (tertiary/aromatic N) is 2. The molecule has 0 N–H and O–H groups in total. The Balaban J connectivity index is 2.87. The first-order chi connectivity index (χ1) is 9.82. The van der Waals surface area contributed by atoms with Gasteiger partial charge in [0, 0.05) is 12.2 Å². The molecule has 0 atom stereocenters. The van der Waals surface area contributed by atoms with Gasteiger partial charge in [0.05, 0.1) is 11.3 Å². The number of hydrogen-bond donors (Lipinski definition) is 0. The molecule has 0 spiro atoms. The molecule has 1 aromatic heterocycles. The number of carbonyl (C=O) groups is 1. The highest BCUT2D eigenvalue weighted by atomic mass is 16.2. The van der Waals surface area contributed by atoms with E-state index in [1.807, 2.05) is 32.9 Å². The third-order valence-corrected chi connectivity index (χ3v) is 3.34. The van der Waals surface area contributed by atoms with Gasteiger partial charge in [0.25, 0.3) is 5.56 Å². The third-order valence-electron chi connectivity index (χ3n) is 3.34. The van der Waals surface area contributed by atoms with Crippen LogP contribution in [0.4, 0.5) is 0 Å². The van der Waals surface area contributed by atoms with Crippen LogP contribution in [0.2, 0.25) is 0 Å². The summed E-state index contributed by atoms with van der Waals surface area (Å²) in [7, 11) is 0. The molecule has 0 saturated carbocycles. The summed E-state index contributed by atoms with van der Waals surface area (Å²) in [6.07, 6.45) is 1.35. The number of aromatic nitrogens is 2. The predicted molar refractivity (Wildman–Crippen MR) is 81.4 cm³/mol. The first kappa shape index (κ1) is 15.0. The van der Waals surface area contributed by atoms with E-state index in [0.717, 1.165) is 10.1 Å². The Morgan fingerprint density at radius 3 is 2.14 bits per heavy atom. The van der Waals surface area contributed by atoms with Crippen LogP contribution in [-0.4, -0.2) is 14.9 Å². The summed E-state index contributed by atoms with van der Waals surface area (Å²) >= 11 is 0. The van der Waals surface area contributed by atoms with Gasteiger partial charge in [-0.05, 0) is 39.8 Å². The molecule has 2 rings (SSSR count). The van der Waals surface area contributed by atoms with Crippen molar-refractivity contribution >= 4 is 5.78 Å². The zero-order chi connectivity index (χ0) is 15.7. The van der Waals surface area contributed by atoms with E-state index in [2.05, 4.69) is 0 Å². The van der Waals surface area contributed by atoms with Gasteiger partial charge >= 0.3 is 5.69 Å². The highest BCUT2D eigenvalue weighted by molar-refractivity contribution is 5.93. The first-order valence-electron chi connectivity index (χ1n) is 6.79. The summed E-state index contributed by atoms with van der Waals surface area (Å²) in [6, 6.07) is 6.90. The van der Waals surface area contributed by atoms with Crippen LogP contribution in [0.5, 0.6) is 0 Å². The zero-order valence-corrected chi connectivity index (χ0v) is 12.6. The van der Waals surface area contributed by atoms with Crippen LogP contribution < -0.4 is 11.2 Å². The number of rotatable bonds is 3. The van der Waals surface area contributed by atoms with Crippen molar-refractivity contribution < 1.29 is 4.79 Å². The molecular formula is C16H18N2O3. The SMILES string of the molecule is CC(=O)c1cn(C(C)C)c(=O)n(-c2ccc(C)cc2)c1=O. The molecule has 110 valence electrons. The van der Waals surface area contributed by atoms with Gasteiger partial charge in [0.15, 0.2) is 5.78 Å². The van der Waals surface area contributed by atoms with Gasteiger partial charge in [-0.1, -0.05) is 17.7 Å². The van der Waals surface area contributed by atoms with E-state index in [4.69, 9.17) is 0 Å². The molecule has 0 aliphatic carbocycles. The van der Waals surface area contributed by atoms with Gasteiger partial charge in [-0.15, -0.1) is 0 Å². The Labute approximate surface area is 122 Å². The maximum Gasteiger partial charge on any atom is 0.335 e. The molecule has 0 unspecified atom stereocenters. The summed E-state index contributed by atoms with van der Waals surface area (Å²) in [5, 5.41) is 0. The normalized spacial score (nSPS) is 10.9. The number of ketones is 1. The molecule has 0 radical (unpaired) electrons. The Morgan fingerprint density at radius 2 is 1.67 bits per heavy atom. The van der Waals surface area contributed by atoms with Gasteiger partial charge in [-0.25, -0.2) is 9.36 Å². The Kier molecular flexibility index (Phi) is 3.93. The molecule has 2 aromatic rings. The second-order valence-corrected chi connectivity index (χ2v) is 5.36. The Morgan fingerprint density at radius 1 is 1.10 bits per heavy atom. The van der Waals surface area contributed by atoms with Crippen LogP contribution >= 0.6 is 0 Å². The first-order valence-corrected chi connectivity index (χ1v) is 6.79. The van der Waals surface area contributed by atoms with E-state index < -0.39 is 11.2 Å². The van der Waals surface area contributed by atoms with Gasteiger partial charge < -0.3 is 0 Å². The average Bonchev–Trinajstić information content (AvgIpc) is 2.40. The maximum absolute atomic E-state index is 12.5. The summed E-state index contributed by atoms with van der Waals surface area (Å²) in [4.78, 5) is 36.6. The van der Waals surface area contributed by atoms with Crippen LogP contribution in [0.3, 0.4) is 0 Å². The Bertz CT molecular complexity index is 796. The summed E-state index contributed by atoms with van der Waals surface area (Å²) in [5.74, 6) is -0.352. The standard InChI is InChI=1S/C16H18N2O3/c1-10(2)17-9-14(12(4)19)15(20)18(16(17)21)13-7-5-11(3)6-8-13/h5-10H,1-4H3. The largest absolute Gasteiger partial charge is 0.335 e. The number of hydrogen-bond acceptors (Lipinski definition) is 3. The number of Topliss-reactive ketones (excluding diaryl/α,β-unsaturated/α-hetero) is 1. The van der Waals surface area contributed by atoms with Gasteiger partial charge in [-0.2, -0.15) is 0 Å². The highest BCUT2D eigenvalue weighted by Gasteiger charge is 2.16. The Hall–Kier alpha value is -2.43. The van der Waals surface area contributed by atoms with Crippen molar-refractivity contribution in [3.63, 3.8) is 0 Å². The molecule has 0 bridgehead atoms. The molecule has 0 aliphatic rings. The van der Waals surface area contributed by atoms with E-state index in [1.165, 1.54) is 17.7 Å². The summed E-state index contributed by atoms with van der Waals surface area (Å²) in [5.41, 5.74) is 0.493. The van der Waals surface area contributed by atoms with E-state index in [-0.39, 0.29) is 17.4 Å². The van der Waals surface area contributed by atoms with Gasteiger partial charge in [0.1, 0.15) is 0 Å². The van der Waals surface area contributed by atoms with E-state index >= 15 is 0 Å². The lowest BCUT2D eigenvalue weighted by atomic mass is 10.2. The molecule has 0 amide bonds. The quantitative estimate of drug-likeness (QED) is 0.812. The van der Waals surface area contributed by atoms with E-state index in [0.29, 0.717) is 5.69 Å². The van der Waals surface area contributed by atoms with Gasteiger partial charge in [0.2, 0.25) is 0 Å². The summed E-state index contributed by atoms with van der Waals surface area (Å²) < 4.78 is 2.45. The highest BCUT2D eigenvalue weighted by Crippen LogP contribution is 2.07. The molecule has 0 fully saturated rings. The van der Waals surface area contributed by atoms with Crippen LogP contribution in [0, 0.1) is 6.92 Å². The smallest absolute Gasteiger partial charge is 0.297 e. The van der Waals surface area contributed by atoms with Gasteiger partial charge in [-0.3, -0.25) is 14.2 Å². The molecule has 1 heterocycles. The fourth-order valence-electron chi connectivity index (χ4n) is 2.11. The zero-order valence-electron chi connectivity index (χ0n) is 12.6. The van der Waals surface area contributed by atoms with Crippen LogP contribution in [0.25, 0.3) is 5.69 Å². The van der Waals surface area contributed by atoms with Crippen LogP contribution in [0.15, 0.2) is 40.1 Å². The van der Waals surface area contributed by atoms with Crippen LogP contribution in [-0.2, 0) is 0 Å². The van der Waals surface area contributed by atoms with E-state index in [1.54, 1.807) is 12.1 Å². The predicted octanol–water partition coefficient (Wildman–Crippen LogP) is 2.09. The van der Waals surface area contributed by atoms with Crippen LogP contribution in [0.1, 0.15) is 42.7 Å². The molecule has 0 aliphatic heterocycles.